The third kappa shape index (κ3) is 8.16. The van der Waals surface area contributed by atoms with Crippen molar-refractivity contribution in [2.75, 3.05) is 63.9 Å². The maximum Gasteiger partial charge on any atom is 0.267 e. The molecule has 4 saturated heterocycles. The molecule has 3 aromatic carbocycles. The van der Waals surface area contributed by atoms with Gasteiger partial charge in [0.2, 0.25) is 5.91 Å². The van der Waals surface area contributed by atoms with E-state index in [2.05, 4.69) is 21.9 Å². The highest BCUT2D eigenvalue weighted by Gasteiger charge is 2.46. The Morgan fingerprint density at radius 2 is 1.58 bits per heavy atom. The molecular formula is C40H49F2N7O4. The molecule has 13 heteroatoms. The zero-order chi connectivity index (χ0) is 37.1. The summed E-state index contributed by atoms with van der Waals surface area (Å²) in [4.78, 5) is 21.1. The number of fused-ring (bicyclic) bond motifs is 2. The summed E-state index contributed by atoms with van der Waals surface area (Å²) in [6.45, 7) is 3.31. The smallest absolute Gasteiger partial charge is 0.267 e. The van der Waals surface area contributed by atoms with Gasteiger partial charge in [0.05, 0.1) is 50.0 Å². The van der Waals surface area contributed by atoms with E-state index in [0.29, 0.717) is 87.7 Å². The predicted octanol–water partition coefficient (Wildman–Crippen LogP) is 3.86. The van der Waals surface area contributed by atoms with Crippen LogP contribution in [0.25, 0.3) is 5.70 Å². The highest BCUT2D eigenvalue weighted by molar-refractivity contribution is 5.78. The Labute approximate surface area is 309 Å². The van der Waals surface area contributed by atoms with Gasteiger partial charge in [-0.2, -0.15) is 0 Å². The number of phenols is 1. The number of alkyl halides is 2. The number of rotatable bonds is 9. The molecule has 3 unspecified atom stereocenters. The van der Waals surface area contributed by atoms with Gasteiger partial charge in [-0.1, -0.05) is 48.5 Å². The van der Waals surface area contributed by atoms with Crippen LogP contribution in [-0.4, -0.2) is 109 Å². The van der Waals surface area contributed by atoms with Gasteiger partial charge in [-0.15, -0.1) is 0 Å². The number of para-hydroxylation sites is 1. The first kappa shape index (κ1) is 36.4. The molecule has 2 bridgehead atoms. The van der Waals surface area contributed by atoms with Crippen molar-refractivity contribution >= 4 is 17.3 Å². The van der Waals surface area contributed by atoms with E-state index in [4.69, 9.17) is 26.7 Å². The number of carbonyl (C=O) groups excluding carboxylic acids is 1. The van der Waals surface area contributed by atoms with Crippen LogP contribution >= 0.6 is 0 Å². The number of hydrogen-bond acceptors (Lipinski definition) is 10. The number of carbonyl (C=O) groups is 1. The molecule has 0 saturated carbocycles. The highest BCUT2D eigenvalue weighted by Crippen LogP contribution is 2.40. The molecule has 4 aliphatic heterocycles. The number of piperazine rings is 1. The fourth-order valence-corrected chi connectivity index (χ4v) is 8.25. The van der Waals surface area contributed by atoms with Crippen LogP contribution in [0.2, 0.25) is 0 Å². The lowest BCUT2D eigenvalue weighted by Gasteiger charge is -2.52. The first-order chi connectivity index (χ1) is 25.6. The minimum Gasteiger partial charge on any atom is -0.507 e. The normalized spacial score (nSPS) is 23.8. The van der Waals surface area contributed by atoms with Gasteiger partial charge in [-0.05, 0) is 48.9 Å². The fourth-order valence-electron chi connectivity index (χ4n) is 8.25. The summed E-state index contributed by atoms with van der Waals surface area (Å²) in [5.41, 5.74) is 21.9. The number of nitrogens with two attached hydrogens (primary N) is 3. The van der Waals surface area contributed by atoms with Gasteiger partial charge in [-0.3, -0.25) is 9.69 Å². The number of nitrogens with zero attached hydrogens (tertiary/aromatic N) is 4. The maximum atomic E-state index is 15.1. The van der Waals surface area contributed by atoms with Crippen LogP contribution < -0.4 is 26.8 Å². The Bertz CT molecular complexity index is 1800. The molecule has 1 amide bonds. The lowest BCUT2D eigenvalue weighted by Crippen LogP contribution is -2.64. The van der Waals surface area contributed by atoms with E-state index in [1.54, 1.807) is 64.4 Å². The van der Waals surface area contributed by atoms with Crippen LogP contribution in [0.1, 0.15) is 36.3 Å². The number of ether oxygens (including phenoxy) is 2. The summed E-state index contributed by atoms with van der Waals surface area (Å²) in [5, 5.41) is 10.3. The average molecular weight is 730 g/mol. The molecule has 11 nitrogen and oxygen atoms in total. The second-order valence-corrected chi connectivity index (χ2v) is 14.5. The van der Waals surface area contributed by atoms with Gasteiger partial charge >= 0.3 is 0 Å². The predicted molar refractivity (Wildman–Crippen MR) is 200 cm³/mol. The number of benzene rings is 3. The van der Waals surface area contributed by atoms with E-state index in [0.717, 1.165) is 11.4 Å². The number of likely N-dealkylation sites (tertiary alicyclic amines) is 2. The molecule has 0 aliphatic carbocycles. The molecule has 0 spiro atoms. The molecule has 3 atom stereocenters. The largest absolute Gasteiger partial charge is 0.507 e. The van der Waals surface area contributed by atoms with Crippen molar-refractivity contribution in [2.24, 2.45) is 17.2 Å². The van der Waals surface area contributed by atoms with Gasteiger partial charge in [0.25, 0.3) is 5.92 Å². The van der Waals surface area contributed by atoms with Crippen LogP contribution in [0, 0.1) is 0 Å². The van der Waals surface area contributed by atoms with Crippen LogP contribution in [-0.2, 0) is 9.53 Å². The van der Waals surface area contributed by atoms with Crippen molar-refractivity contribution in [3.8, 4) is 11.5 Å². The standard InChI is InChI=1S/C40H49F2N7O4/c41-40(42)26-46(16-15-34(40)27-7-2-1-3-8-27)23-38(51)47-17-13-31(14-18-47)53-32-10-6-9-28(19-32)49-29-21-48(22-30(49)25-52-24-29)36(39(44)45)20-35(43)33-11-4-5-12-37(33)50/h1-12,19-20,29-31,34,50H,13-18,21-26,43-45H2/b35-20-. The van der Waals surface area contributed by atoms with Crippen LogP contribution in [0.15, 0.2) is 96.5 Å². The van der Waals surface area contributed by atoms with Gasteiger partial charge < -0.3 is 46.5 Å². The van der Waals surface area contributed by atoms with E-state index in [1.165, 1.54) is 0 Å². The Kier molecular flexibility index (Phi) is 10.7. The van der Waals surface area contributed by atoms with E-state index in [1.807, 2.05) is 18.2 Å². The summed E-state index contributed by atoms with van der Waals surface area (Å²) in [7, 11) is 0. The SMILES string of the molecule is NC(N)=C(/C=C(\N)c1ccccc1O)N1CC2COCC(C1)N2c1cccc(OC2CCN(C(=O)CN3CCC(c4ccccc4)C(F)(F)C3)CC2)c1. The van der Waals surface area contributed by atoms with Gasteiger partial charge in [0.15, 0.2) is 0 Å². The van der Waals surface area contributed by atoms with Crippen molar-refractivity contribution in [2.45, 2.75) is 49.3 Å². The number of anilines is 1. The maximum absolute atomic E-state index is 15.1. The highest BCUT2D eigenvalue weighted by atomic mass is 19.3. The van der Waals surface area contributed by atoms with E-state index in [9.17, 15) is 9.90 Å². The van der Waals surface area contributed by atoms with Crippen LogP contribution in [0.5, 0.6) is 11.5 Å². The quantitative estimate of drug-likeness (QED) is 0.240. The molecular weight excluding hydrogens is 680 g/mol. The molecule has 0 radical (unpaired) electrons. The third-order valence-corrected chi connectivity index (χ3v) is 10.9. The number of piperidine rings is 2. The molecule has 4 heterocycles. The van der Waals surface area contributed by atoms with Crippen LogP contribution in [0.4, 0.5) is 14.5 Å². The molecule has 4 aliphatic rings. The minimum atomic E-state index is -2.90. The second kappa shape index (κ2) is 15.5. The zero-order valence-electron chi connectivity index (χ0n) is 29.8. The number of allylic oxidation sites excluding steroid dienone is 1. The lowest BCUT2D eigenvalue weighted by molar-refractivity contribution is -0.137. The first-order valence-electron chi connectivity index (χ1n) is 18.4. The van der Waals surface area contributed by atoms with Gasteiger partial charge in [-0.25, -0.2) is 8.78 Å². The number of hydrogen-bond donors (Lipinski definition) is 4. The molecule has 3 aromatic rings. The van der Waals surface area contributed by atoms with Crippen LogP contribution in [0.3, 0.4) is 0 Å². The van der Waals surface area contributed by atoms with E-state index < -0.39 is 18.4 Å². The first-order valence-corrected chi connectivity index (χ1v) is 18.4. The number of aromatic hydroxyl groups is 1. The Morgan fingerprint density at radius 3 is 2.26 bits per heavy atom. The monoisotopic (exact) mass is 729 g/mol. The van der Waals surface area contributed by atoms with Crippen molar-refractivity contribution < 1.29 is 28.2 Å². The fraction of sp³-hybridized carbons (Fsp3) is 0.425. The van der Waals surface area contributed by atoms with E-state index >= 15 is 8.78 Å². The summed E-state index contributed by atoms with van der Waals surface area (Å²) >= 11 is 0. The number of morpholine rings is 1. The summed E-state index contributed by atoms with van der Waals surface area (Å²) < 4.78 is 42.7. The Hall–Kier alpha value is -5.01. The van der Waals surface area contributed by atoms with Crippen molar-refractivity contribution in [1.29, 1.82) is 0 Å². The summed E-state index contributed by atoms with van der Waals surface area (Å²) in [5.74, 6) is -2.87. The number of phenolic OH excluding ortho intramolecular Hbond substituents is 1. The minimum absolute atomic E-state index is 0.000569. The van der Waals surface area contributed by atoms with Gasteiger partial charge in [0.1, 0.15) is 23.4 Å². The number of amides is 1. The van der Waals surface area contributed by atoms with Gasteiger partial charge in [0, 0.05) is 62.0 Å². The Morgan fingerprint density at radius 1 is 0.887 bits per heavy atom. The van der Waals surface area contributed by atoms with Crippen molar-refractivity contribution in [3.05, 3.63) is 108 Å². The third-order valence-electron chi connectivity index (χ3n) is 10.9. The average Bonchev–Trinajstić information content (AvgIpc) is 3.13. The molecule has 282 valence electrons. The second-order valence-electron chi connectivity index (χ2n) is 14.5. The lowest BCUT2D eigenvalue weighted by atomic mass is 9.86. The topological polar surface area (TPSA) is 147 Å². The molecule has 7 rings (SSSR count). The Balaban J connectivity index is 0.933. The molecule has 53 heavy (non-hydrogen) atoms. The molecule has 0 aromatic heterocycles. The van der Waals surface area contributed by atoms with Crippen molar-refractivity contribution in [1.82, 2.24) is 14.7 Å². The van der Waals surface area contributed by atoms with Crippen molar-refractivity contribution in [3.63, 3.8) is 0 Å². The summed E-state index contributed by atoms with van der Waals surface area (Å²) in [6.07, 6.45) is 3.29. The molecule has 4 fully saturated rings. The van der Waals surface area contributed by atoms with E-state index in [-0.39, 0.29) is 42.2 Å². The zero-order valence-corrected chi connectivity index (χ0v) is 29.8. The number of halogens is 2. The summed E-state index contributed by atoms with van der Waals surface area (Å²) in [6, 6.07) is 23.9. The molecule has 7 N–H and O–H groups in total.